The van der Waals surface area contributed by atoms with E-state index < -0.39 is 5.63 Å². The summed E-state index contributed by atoms with van der Waals surface area (Å²) in [6.07, 6.45) is 0.176. The summed E-state index contributed by atoms with van der Waals surface area (Å²) in [4.78, 5) is 23.6. The first kappa shape index (κ1) is 15.3. The first-order valence-electron chi connectivity index (χ1n) is 7.11. The highest BCUT2D eigenvalue weighted by atomic mass is 35.5. The van der Waals surface area contributed by atoms with Crippen LogP contribution < -0.4 is 10.9 Å². The summed E-state index contributed by atoms with van der Waals surface area (Å²) in [5.74, 6) is -0.188. The van der Waals surface area contributed by atoms with Gasteiger partial charge in [-0.3, -0.25) is 4.79 Å². The summed E-state index contributed by atoms with van der Waals surface area (Å²) in [6, 6.07) is 13.9. The maximum atomic E-state index is 12.1. The highest BCUT2D eigenvalue weighted by Gasteiger charge is 2.09. The highest BCUT2D eigenvalue weighted by Crippen LogP contribution is 2.21. The molecule has 0 radical (unpaired) electrons. The number of carbonyl (C=O) groups is 1. The van der Waals surface area contributed by atoms with Crippen molar-refractivity contribution in [2.24, 2.45) is 0 Å². The fourth-order valence-corrected chi connectivity index (χ4v) is 2.63. The third kappa shape index (κ3) is 3.43. The molecule has 5 heteroatoms. The third-order valence-corrected chi connectivity index (χ3v) is 3.91. The Bertz CT molecular complexity index is 946. The number of benzene rings is 2. The van der Waals surface area contributed by atoms with Gasteiger partial charge in [0.05, 0.1) is 6.42 Å². The van der Waals surface area contributed by atoms with E-state index in [0.717, 1.165) is 16.5 Å². The zero-order chi connectivity index (χ0) is 16.4. The van der Waals surface area contributed by atoms with Crippen LogP contribution in [0, 0.1) is 6.92 Å². The minimum atomic E-state index is -0.408. The predicted octanol–water partition coefficient (Wildman–Crippen LogP) is 3.94. The van der Waals surface area contributed by atoms with Crippen molar-refractivity contribution in [3.05, 3.63) is 75.1 Å². The van der Waals surface area contributed by atoms with Crippen molar-refractivity contribution in [2.75, 3.05) is 5.32 Å². The first-order chi connectivity index (χ1) is 11.0. The van der Waals surface area contributed by atoms with Crippen molar-refractivity contribution in [3.8, 4) is 0 Å². The molecule has 116 valence electrons. The standard InChI is InChI=1S/C18H14ClNO3/c1-11-8-18(22)23-16-10-13(6-7-14(11)16)20-17(21)9-12-4-2-3-5-15(12)19/h2-8,10H,9H2,1H3,(H,20,21). The largest absolute Gasteiger partial charge is 0.423 e. The van der Waals surface area contributed by atoms with E-state index in [9.17, 15) is 9.59 Å². The molecule has 0 unspecified atom stereocenters. The molecule has 23 heavy (non-hydrogen) atoms. The van der Waals surface area contributed by atoms with Crippen LogP contribution in [0.5, 0.6) is 0 Å². The number of rotatable bonds is 3. The fraction of sp³-hybridized carbons (Fsp3) is 0.111. The molecular weight excluding hydrogens is 314 g/mol. The number of nitrogens with one attached hydrogen (secondary N) is 1. The molecule has 2 aromatic carbocycles. The zero-order valence-electron chi connectivity index (χ0n) is 12.4. The minimum absolute atomic E-state index is 0.176. The smallest absolute Gasteiger partial charge is 0.336 e. The van der Waals surface area contributed by atoms with Crippen molar-refractivity contribution in [3.63, 3.8) is 0 Å². The minimum Gasteiger partial charge on any atom is -0.423 e. The van der Waals surface area contributed by atoms with E-state index in [1.807, 2.05) is 31.2 Å². The molecule has 1 N–H and O–H groups in total. The molecule has 0 saturated heterocycles. The number of fused-ring (bicyclic) bond motifs is 1. The monoisotopic (exact) mass is 327 g/mol. The van der Waals surface area contributed by atoms with Crippen LogP contribution in [-0.2, 0) is 11.2 Å². The maximum Gasteiger partial charge on any atom is 0.336 e. The Morgan fingerprint density at radius 3 is 2.74 bits per heavy atom. The van der Waals surface area contributed by atoms with Gasteiger partial charge in [-0.1, -0.05) is 29.8 Å². The normalized spacial score (nSPS) is 10.7. The number of carbonyl (C=O) groups excluding carboxylic acids is 1. The van der Waals surface area contributed by atoms with Gasteiger partial charge in [0, 0.05) is 28.2 Å². The molecule has 1 amide bonds. The second-order valence-electron chi connectivity index (χ2n) is 5.28. The van der Waals surface area contributed by atoms with E-state index in [4.69, 9.17) is 16.0 Å². The van der Waals surface area contributed by atoms with Gasteiger partial charge in [0.2, 0.25) is 5.91 Å². The van der Waals surface area contributed by atoms with Crippen molar-refractivity contribution in [1.29, 1.82) is 0 Å². The molecule has 0 saturated carbocycles. The van der Waals surface area contributed by atoms with Crippen molar-refractivity contribution >= 4 is 34.2 Å². The van der Waals surface area contributed by atoms with E-state index in [1.165, 1.54) is 6.07 Å². The summed E-state index contributed by atoms with van der Waals surface area (Å²) in [5, 5.41) is 4.19. The molecular formula is C18H14ClNO3. The number of anilines is 1. The Hall–Kier alpha value is -2.59. The van der Waals surface area contributed by atoms with Crippen LogP contribution in [0.2, 0.25) is 5.02 Å². The Kier molecular flexibility index (Phi) is 4.17. The van der Waals surface area contributed by atoms with Crippen LogP contribution in [-0.4, -0.2) is 5.91 Å². The molecule has 1 aromatic heterocycles. The molecule has 0 aliphatic heterocycles. The number of aryl methyl sites for hydroxylation is 1. The molecule has 1 heterocycles. The molecule has 0 atom stereocenters. The lowest BCUT2D eigenvalue weighted by molar-refractivity contribution is -0.115. The number of hydrogen-bond acceptors (Lipinski definition) is 3. The summed E-state index contributed by atoms with van der Waals surface area (Å²) >= 11 is 6.05. The zero-order valence-corrected chi connectivity index (χ0v) is 13.2. The average molecular weight is 328 g/mol. The summed E-state index contributed by atoms with van der Waals surface area (Å²) in [7, 11) is 0. The lowest BCUT2D eigenvalue weighted by Crippen LogP contribution is -2.14. The van der Waals surface area contributed by atoms with Crippen LogP contribution in [0.1, 0.15) is 11.1 Å². The van der Waals surface area contributed by atoms with E-state index in [0.29, 0.717) is 16.3 Å². The summed E-state index contributed by atoms with van der Waals surface area (Å²) < 4.78 is 5.17. The van der Waals surface area contributed by atoms with Crippen LogP contribution >= 0.6 is 11.6 Å². The van der Waals surface area contributed by atoms with Crippen LogP contribution in [0.3, 0.4) is 0 Å². The molecule has 0 fully saturated rings. The SMILES string of the molecule is Cc1cc(=O)oc2cc(NC(=O)Cc3ccccc3Cl)ccc12. The van der Waals surface area contributed by atoms with Gasteiger partial charge >= 0.3 is 5.63 Å². The molecule has 3 rings (SSSR count). The second-order valence-corrected chi connectivity index (χ2v) is 5.68. The topological polar surface area (TPSA) is 59.3 Å². The third-order valence-electron chi connectivity index (χ3n) is 3.54. The second kappa shape index (κ2) is 6.26. The summed E-state index contributed by atoms with van der Waals surface area (Å²) in [6.45, 7) is 1.84. The van der Waals surface area contributed by atoms with Crippen LogP contribution in [0.25, 0.3) is 11.0 Å². The molecule has 0 aliphatic rings. The summed E-state index contributed by atoms with van der Waals surface area (Å²) in [5.41, 5.74) is 2.21. The number of hydrogen-bond donors (Lipinski definition) is 1. The van der Waals surface area contributed by atoms with E-state index in [-0.39, 0.29) is 12.3 Å². The quantitative estimate of drug-likeness (QED) is 0.741. The maximum absolute atomic E-state index is 12.1. The predicted molar refractivity (Wildman–Crippen MR) is 91.0 cm³/mol. The Labute approximate surface area is 137 Å². The number of halogens is 1. The highest BCUT2D eigenvalue weighted by molar-refractivity contribution is 6.31. The van der Waals surface area contributed by atoms with Gasteiger partial charge in [0.1, 0.15) is 5.58 Å². The number of amides is 1. The average Bonchev–Trinajstić information content (AvgIpc) is 2.49. The Balaban J connectivity index is 1.83. The molecule has 0 aliphatic carbocycles. The van der Waals surface area contributed by atoms with Gasteiger partial charge in [0.15, 0.2) is 0 Å². The van der Waals surface area contributed by atoms with Crippen LogP contribution in [0.4, 0.5) is 5.69 Å². The van der Waals surface area contributed by atoms with E-state index in [1.54, 1.807) is 18.2 Å². The van der Waals surface area contributed by atoms with E-state index in [2.05, 4.69) is 5.32 Å². The van der Waals surface area contributed by atoms with Crippen LogP contribution in [0.15, 0.2) is 57.7 Å². The molecule has 0 bridgehead atoms. The van der Waals surface area contributed by atoms with Crippen molar-refractivity contribution in [1.82, 2.24) is 0 Å². The Morgan fingerprint density at radius 2 is 1.96 bits per heavy atom. The van der Waals surface area contributed by atoms with Gasteiger partial charge in [0.25, 0.3) is 0 Å². The van der Waals surface area contributed by atoms with Gasteiger partial charge in [-0.25, -0.2) is 4.79 Å². The molecule has 4 nitrogen and oxygen atoms in total. The molecule has 3 aromatic rings. The van der Waals surface area contributed by atoms with E-state index >= 15 is 0 Å². The van der Waals surface area contributed by atoms with Gasteiger partial charge in [-0.15, -0.1) is 0 Å². The molecule has 0 spiro atoms. The lowest BCUT2D eigenvalue weighted by atomic mass is 10.1. The van der Waals surface area contributed by atoms with Gasteiger partial charge in [-0.2, -0.15) is 0 Å². The van der Waals surface area contributed by atoms with Crippen molar-refractivity contribution < 1.29 is 9.21 Å². The van der Waals surface area contributed by atoms with Gasteiger partial charge < -0.3 is 9.73 Å². The van der Waals surface area contributed by atoms with Crippen molar-refractivity contribution in [2.45, 2.75) is 13.3 Å². The first-order valence-corrected chi connectivity index (χ1v) is 7.48. The van der Waals surface area contributed by atoms with Gasteiger partial charge in [-0.05, 0) is 36.2 Å². The Morgan fingerprint density at radius 1 is 1.17 bits per heavy atom. The fourth-order valence-electron chi connectivity index (χ4n) is 2.42. The lowest BCUT2D eigenvalue weighted by Gasteiger charge is -2.08.